The van der Waals surface area contributed by atoms with Crippen LogP contribution in [0.25, 0.3) is 0 Å². The van der Waals surface area contributed by atoms with Gasteiger partial charge in [-0.1, -0.05) is 22.4 Å². The molecule has 2 rings (SSSR count). The van der Waals surface area contributed by atoms with Crippen molar-refractivity contribution in [3.05, 3.63) is 33.8 Å². The van der Waals surface area contributed by atoms with Gasteiger partial charge in [-0.05, 0) is 43.5 Å². The Labute approximate surface area is 116 Å². The smallest absolute Gasteiger partial charge is 0.251 e. The molecule has 1 saturated carbocycles. The molecule has 0 unspecified atom stereocenters. The lowest BCUT2D eigenvalue weighted by Crippen LogP contribution is -2.32. The van der Waals surface area contributed by atoms with Crippen molar-refractivity contribution in [2.45, 2.75) is 32.3 Å². The van der Waals surface area contributed by atoms with Gasteiger partial charge in [0, 0.05) is 22.5 Å². The van der Waals surface area contributed by atoms with Gasteiger partial charge in [-0.2, -0.15) is 0 Å². The zero-order valence-electron chi connectivity index (χ0n) is 10.4. The van der Waals surface area contributed by atoms with E-state index in [1.807, 2.05) is 25.1 Å². The van der Waals surface area contributed by atoms with Crippen LogP contribution < -0.4 is 5.32 Å². The predicted octanol–water partition coefficient (Wildman–Crippen LogP) is 2.65. The first-order chi connectivity index (χ1) is 8.58. The van der Waals surface area contributed by atoms with Crippen LogP contribution in [-0.2, 0) is 0 Å². The molecule has 3 nitrogen and oxygen atoms in total. The highest BCUT2D eigenvalue weighted by atomic mass is 79.9. The minimum atomic E-state index is -0.253. The normalized spacial score (nSPS) is 23.1. The molecule has 0 aromatic heterocycles. The highest BCUT2D eigenvalue weighted by molar-refractivity contribution is 9.10. The lowest BCUT2D eigenvalue weighted by Gasteiger charge is -2.15. The van der Waals surface area contributed by atoms with Crippen LogP contribution in [0.15, 0.2) is 22.7 Å². The van der Waals surface area contributed by atoms with Crippen molar-refractivity contribution in [3.63, 3.8) is 0 Å². The quantitative estimate of drug-likeness (QED) is 0.901. The molecule has 0 bridgehead atoms. The van der Waals surface area contributed by atoms with Gasteiger partial charge in [-0.3, -0.25) is 4.79 Å². The molecule has 1 fully saturated rings. The Morgan fingerprint density at radius 3 is 2.89 bits per heavy atom. The average Bonchev–Trinajstić information content (AvgIpc) is 2.72. The molecule has 0 radical (unpaired) electrons. The number of amides is 1. The van der Waals surface area contributed by atoms with Gasteiger partial charge in [-0.25, -0.2) is 0 Å². The molecule has 0 spiro atoms. The zero-order chi connectivity index (χ0) is 13.1. The largest absolute Gasteiger partial charge is 0.393 e. The van der Waals surface area contributed by atoms with Gasteiger partial charge in [-0.15, -0.1) is 0 Å². The number of carbonyl (C=O) groups is 1. The number of hydrogen-bond donors (Lipinski definition) is 2. The number of nitrogens with one attached hydrogen (secondary N) is 1. The summed E-state index contributed by atoms with van der Waals surface area (Å²) in [7, 11) is 0. The standard InChI is InChI=1S/C14H18BrNO2/c1-9-7-11(15)5-6-12(9)14(18)16-8-10-3-2-4-13(10)17/h5-7,10,13,17H,2-4,8H2,1H3,(H,16,18)/t10-,13+/m0/s1. The van der Waals surface area contributed by atoms with E-state index >= 15 is 0 Å². The molecule has 98 valence electrons. The van der Waals surface area contributed by atoms with Crippen molar-refractivity contribution < 1.29 is 9.90 Å². The van der Waals surface area contributed by atoms with E-state index in [4.69, 9.17) is 0 Å². The van der Waals surface area contributed by atoms with Crippen LogP contribution >= 0.6 is 15.9 Å². The lowest BCUT2D eigenvalue weighted by atomic mass is 10.1. The van der Waals surface area contributed by atoms with E-state index in [0.29, 0.717) is 12.1 Å². The summed E-state index contributed by atoms with van der Waals surface area (Å²) in [4.78, 5) is 12.0. The van der Waals surface area contributed by atoms with Crippen LogP contribution in [0.2, 0.25) is 0 Å². The SMILES string of the molecule is Cc1cc(Br)ccc1C(=O)NC[C@@H]1CCC[C@H]1O. The topological polar surface area (TPSA) is 49.3 Å². The fourth-order valence-electron chi connectivity index (χ4n) is 2.46. The number of rotatable bonds is 3. The minimum absolute atomic E-state index is 0.0564. The van der Waals surface area contributed by atoms with Gasteiger partial charge < -0.3 is 10.4 Å². The molecule has 0 aliphatic heterocycles. The Bertz CT molecular complexity index is 447. The molecule has 1 aromatic carbocycles. The third-order valence-corrected chi connectivity index (χ3v) is 4.07. The van der Waals surface area contributed by atoms with Crippen LogP contribution in [-0.4, -0.2) is 23.7 Å². The van der Waals surface area contributed by atoms with Gasteiger partial charge in [0.05, 0.1) is 6.10 Å². The summed E-state index contributed by atoms with van der Waals surface area (Å²) in [5, 5.41) is 12.6. The first-order valence-electron chi connectivity index (χ1n) is 6.30. The van der Waals surface area contributed by atoms with Gasteiger partial charge in [0.2, 0.25) is 0 Å². The second-order valence-electron chi connectivity index (χ2n) is 4.93. The van der Waals surface area contributed by atoms with Crippen LogP contribution in [0.5, 0.6) is 0 Å². The second kappa shape index (κ2) is 5.85. The van der Waals surface area contributed by atoms with E-state index in [1.165, 1.54) is 0 Å². The average molecular weight is 312 g/mol. The van der Waals surface area contributed by atoms with E-state index in [-0.39, 0.29) is 17.9 Å². The van der Waals surface area contributed by atoms with Crippen molar-refractivity contribution in [1.29, 1.82) is 0 Å². The minimum Gasteiger partial charge on any atom is -0.393 e. The van der Waals surface area contributed by atoms with E-state index in [0.717, 1.165) is 29.3 Å². The monoisotopic (exact) mass is 311 g/mol. The number of aryl methyl sites for hydroxylation is 1. The zero-order valence-corrected chi connectivity index (χ0v) is 12.0. The number of aliphatic hydroxyl groups excluding tert-OH is 1. The number of aliphatic hydroxyl groups is 1. The summed E-state index contributed by atoms with van der Waals surface area (Å²) in [6.45, 7) is 2.49. The van der Waals surface area contributed by atoms with Gasteiger partial charge in [0.25, 0.3) is 5.91 Å². The predicted molar refractivity (Wildman–Crippen MR) is 74.6 cm³/mol. The highest BCUT2D eigenvalue weighted by Gasteiger charge is 2.25. The number of benzene rings is 1. The molecule has 0 heterocycles. The van der Waals surface area contributed by atoms with Crippen molar-refractivity contribution in [2.75, 3.05) is 6.54 Å². The fourth-order valence-corrected chi connectivity index (χ4v) is 2.93. The first-order valence-corrected chi connectivity index (χ1v) is 7.09. The van der Waals surface area contributed by atoms with Crippen LogP contribution in [0.3, 0.4) is 0 Å². The molecule has 2 atom stereocenters. The molecule has 1 aliphatic rings. The first kappa shape index (κ1) is 13.6. The summed E-state index contributed by atoms with van der Waals surface area (Å²) >= 11 is 3.38. The third kappa shape index (κ3) is 3.12. The summed E-state index contributed by atoms with van der Waals surface area (Å²) in [6, 6.07) is 5.62. The van der Waals surface area contributed by atoms with Gasteiger partial charge >= 0.3 is 0 Å². The third-order valence-electron chi connectivity index (χ3n) is 3.58. The summed E-state index contributed by atoms with van der Waals surface area (Å²) in [5.41, 5.74) is 1.65. The molecule has 18 heavy (non-hydrogen) atoms. The Morgan fingerprint density at radius 1 is 1.50 bits per heavy atom. The molecule has 4 heteroatoms. The van der Waals surface area contributed by atoms with Gasteiger partial charge in [0.1, 0.15) is 0 Å². The van der Waals surface area contributed by atoms with Crippen LogP contribution in [0.1, 0.15) is 35.2 Å². The number of halogens is 1. The highest BCUT2D eigenvalue weighted by Crippen LogP contribution is 2.24. The fraction of sp³-hybridized carbons (Fsp3) is 0.500. The molecule has 1 aliphatic carbocycles. The van der Waals surface area contributed by atoms with Crippen molar-refractivity contribution in [2.24, 2.45) is 5.92 Å². The molecular formula is C14H18BrNO2. The number of hydrogen-bond acceptors (Lipinski definition) is 2. The summed E-state index contributed by atoms with van der Waals surface area (Å²) < 4.78 is 0.975. The van der Waals surface area contributed by atoms with Crippen molar-refractivity contribution >= 4 is 21.8 Å². The Kier molecular flexibility index (Phi) is 4.40. The van der Waals surface area contributed by atoms with E-state index in [2.05, 4.69) is 21.2 Å². The second-order valence-corrected chi connectivity index (χ2v) is 5.84. The molecule has 1 amide bonds. The van der Waals surface area contributed by atoms with E-state index < -0.39 is 0 Å². The Hall–Kier alpha value is -0.870. The molecule has 2 N–H and O–H groups in total. The Morgan fingerprint density at radius 2 is 2.28 bits per heavy atom. The maximum absolute atomic E-state index is 12.0. The van der Waals surface area contributed by atoms with Crippen LogP contribution in [0, 0.1) is 12.8 Å². The maximum atomic E-state index is 12.0. The lowest BCUT2D eigenvalue weighted by molar-refractivity contribution is 0.0916. The molecule has 0 saturated heterocycles. The van der Waals surface area contributed by atoms with E-state index in [9.17, 15) is 9.90 Å². The Balaban J connectivity index is 1.95. The van der Waals surface area contributed by atoms with Crippen molar-refractivity contribution in [1.82, 2.24) is 5.32 Å². The van der Waals surface area contributed by atoms with Crippen LogP contribution in [0.4, 0.5) is 0 Å². The number of carbonyl (C=O) groups excluding carboxylic acids is 1. The summed E-state index contributed by atoms with van der Waals surface area (Å²) in [6.07, 6.45) is 2.66. The van der Waals surface area contributed by atoms with Crippen molar-refractivity contribution in [3.8, 4) is 0 Å². The maximum Gasteiger partial charge on any atom is 0.251 e. The molecule has 1 aromatic rings. The van der Waals surface area contributed by atoms with Gasteiger partial charge in [0.15, 0.2) is 0 Å². The van der Waals surface area contributed by atoms with E-state index in [1.54, 1.807) is 0 Å². The summed E-state index contributed by atoms with van der Waals surface area (Å²) in [5.74, 6) is 0.156. The molecular weight excluding hydrogens is 294 g/mol.